The number of hydrogen-bond donors (Lipinski definition) is 1. The van der Waals surface area contributed by atoms with E-state index in [1.807, 2.05) is 13.0 Å². The number of halogens is 1. The van der Waals surface area contributed by atoms with Gasteiger partial charge in [-0.2, -0.15) is 0 Å². The average molecular weight is 246 g/mol. The van der Waals surface area contributed by atoms with Gasteiger partial charge in [-0.1, -0.05) is 29.8 Å². The molecule has 0 saturated carbocycles. The number of benzene rings is 2. The monoisotopic (exact) mass is 245 g/mol. The Morgan fingerprint density at radius 1 is 1.18 bits per heavy atom. The van der Waals surface area contributed by atoms with Gasteiger partial charge in [-0.05, 0) is 36.8 Å². The standard InChI is InChI=1S/C14H12ClNO/c1-9-5-6-12(13(16)7-9)14(17)10-3-2-4-11(15)8-10/h2-8H,16H2,1H3. The number of hydrogen-bond acceptors (Lipinski definition) is 2. The molecule has 2 N–H and O–H groups in total. The summed E-state index contributed by atoms with van der Waals surface area (Å²) in [6.45, 7) is 1.93. The lowest BCUT2D eigenvalue weighted by atomic mass is 10.0. The zero-order valence-electron chi connectivity index (χ0n) is 9.41. The van der Waals surface area contributed by atoms with Crippen LogP contribution in [-0.2, 0) is 0 Å². The Labute approximate surface area is 105 Å². The Balaban J connectivity index is 2.44. The molecule has 0 aliphatic rings. The molecule has 3 heteroatoms. The number of rotatable bonds is 2. The molecule has 0 spiro atoms. The molecule has 0 radical (unpaired) electrons. The third-order valence-corrected chi connectivity index (χ3v) is 2.77. The molecule has 0 aliphatic heterocycles. The summed E-state index contributed by atoms with van der Waals surface area (Å²) >= 11 is 5.86. The summed E-state index contributed by atoms with van der Waals surface area (Å²) < 4.78 is 0. The molecule has 2 aromatic carbocycles. The molecule has 2 aromatic rings. The average Bonchev–Trinajstić information content (AvgIpc) is 2.28. The van der Waals surface area contributed by atoms with Crippen LogP contribution in [0.3, 0.4) is 0 Å². The topological polar surface area (TPSA) is 43.1 Å². The number of ketones is 1. The molecule has 0 saturated heterocycles. The highest BCUT2D eigenvalue weighted by atomic mass is 35.5. The Morgan fingerprint density at radius 3 is 2.59 bits per heavy atom. The van der Waals surface area contributed by atoms with Crippen molar-refractivity contribution < 1.29 is 4.79 Å². The van der Waals surface area contributed by atoms with Crippen molar-refractivity contribution >= 4 is 23.1 Å². The molecule has 0 fully saturated rings. The Hall–Kier alpha value is -1.80. The van der Waals surface area contributed by atoms with Gasteiger partial charge in [0.1, 0.15) is 0 Å². The van der Waals surface area contributed by atoms with Crippen LogP contribution in [0.4, 0.5) is 5.69 Å². The minimum Gasteiger partial charge on any atom is -0.398 e. The predicted molar refractivity (Wildman–Crippen MR) is 70.5 cm³/mol. The van der Waals surface area contributed by atoms with Crippen molar-refractivity contribution in [3.05, 3.63) is 64.2 Å². The second kappa shape index (κ2) is 4.60. The van der Waals surface area contributed by atoms with Gasteiger partial charge in [-0.3, -0.25) is 4.79 Å². The van der Waals surface area contributed by atoms with Crippen LogP contribution in [0.5, 0.6) is 0 Å². The van der Waals surface area contributed by atoms with E-state index in [2.05, 4.69) is 0 Å². The summed E-state index contributed by atoms with van der Waals surface area (Å²) in [6.07, 6.45) is 0. The van der Waals surface area contributed by atoms with Crippen molar-refractivity contribution in [3.63, 3.8) is 0 Å². The molecular weight excluding hydrogens is 234 g/mol. The van der Waals surface area contributed by atoms with Crippen LogP contribution in [0.15, 0.2) is 42.5 Å². The molecule has 0 unspecified atom stereocenters. The van der Waals surface area contributed by atoms with Crippen LogP contribution < -0.4 is 5.73 Å². The largest absolute Gasteiger partial charge is 0.398 e. The lowest BCUT2D eigenvalue weighted by Crippen LogP contribution is -2.05. The number of carbonyl (C=O) groups excluding carboxylic acids is 1. The van der Waals surface area contributed by atoms with Crippen LogP contribution in [0.1, 0.15) is 21.5 Å². The van der Waals surface area contributed by atoms with Gasteiger partial charge in [0.15, 0.2) is 5.78 Å². The summed E-state index contributed by atoms with van der Waals surface area (Å²) in [4.78, 5) is 12.2. The quantitative estimate of drug-likeness (QED) is 0.650. The maximum Gasteiger partial charge on any atom is 0.195 e. The first-order valence-electron chi connectivity index (χ1n) is 5.24. The second-order valence-corrected chi connectivity index (χ2v) is 4.37. The van der Waals surface area contributed by atoms with Crippen molar-refractivity contribution in [1.82, 2.24) is 0 Å². The van der Waals surface area contributed by atoms with Crippen molar-refractivity contribution in [2.24, 2.45) is 0 Å². The Kier molecular flexibility index (Phi) is 3.16. The van der Waals surface area contributed by atoms with Gasteiger partial charge in [0.2, 0.25) is 0 Å². The molecule has 2 nitrogen and oxygen atoms in total. The summed E-state index contributed by atoms with van der Waals surface area (Å²) in [6, 6.07) is 12.3. The third-order valence-electron chi connectivity index (χ3n) is 2.54. The van der Waals surface area contributed by atoms with Gasteiger partial charge in [-0.25, -0.2) is 0 Å². The molecule has 17 heavy (non-hydrogen) atoms. The molecule has 0 bridgehead atoms. The number of nitrogens with two attached hydrogens (primary N) is 1. The normalized spacial score (nSPS) is 10.2. The zero-order chi connectivity index (χ0) is 12.4. The van der Waals surface area contributed by atoms with Crippen LogP contribution in [-0.4, -0.2) is 5.78 Å². The number of aryl methyl sites for hydroxylation is 1. The van der Waals surface area contributed by atoms with Gasteiger partial charge in [0.05, 0.1) is 0 Å². The van der Waals surface area contributed by atoms with Crippen molar-refractivity contribution in [1.29, 1.82) is 0 Å². The van der Waals surface area contributed by atoms with E-state index in [1.54, 1.807) is 36.4 Å². The van der Waals surface area contributed by atoms with E-state index < -0.39 is 0 Å². The van der Waals surface area contributed by atoms with Crippen LogP contribution >= 0.6 is 11.6 Å². The Morgan fingerprint density at radius 2 is 1.94 bits per heavy atom. The minimum atomic E-state index is -0.106. The fraction of sp³-hybridized carbons (Fsp3) is 0.0714. The highest BCUT2D eigenvalue weighted by Crippen LogP contribution is 2.20. The van der Waals surface area contributed by atoms with Gasteiger partial charge in [-0.15, -0.1) is 0 Å². The van der Waals surface area contributed by atoms with E-state index in [-0.39, 0.29) is 5.78 Å². The molecule has 0 aromatic heterocycles. The third kappa shape index (κ3) is 2.48. The Bertz CT molecular complexity index is 578. The molecule has 2 rings (SSSR count). The van der Waals surface area contributed by atoms with E-state index in [4.69, 9.17) is 17.3 Å². The van der Waals surface area contributed by atoms with Crippen molar-refractivity contribution in [3.8, 4) is 0 Å². The number of anilines is 1. The first-order chi connectivity index (χ1) is 8.08. The fourth-order valence-electron chi connectivity index (χ4n) is 1.67. The zero-order valence-corrected chi connectivity index (χ0v) is 10.2. The molecule has 0 heterocycles. The van der Waals surface area contributed by atoms with Gasteiger partial charge in [0.25, 0.3) is 0 Å². The van der Waals surface area contributed by atoms with Crippen LogP contribution in [0, 0.1) is 6.92 Å². The second-order valence-electron chi connectivity index (χ2n) is 3.93. The highest BCUT2D eigenvalue weighted by molar-refractivity contribution is 6.31. The predicted octanol–water partition coefficient (Wildman–Crippen LogP) is 3.46. The molecular formula is C14H12ClNO. The van der Waals surface area contributed by atoms with Gasteiger partial charge >= 0.3 is 0 Å². The first-order valence-corrected chi connectivity index (χ1v) is 5.62. The smallest absolute Gasteiger partial charge is 0.195 e. The maximum absolute atomic E-state index is 12.2. The molecule has 0 atom stereocenters. The lowest BCUT2D eigenvalue weighted by molar-refractivity contribution is 0.103. The van der Waals surface area contributed by atoms with E-state index >= 15 is 0 Å². The minimum absolute atomic E-state index is 0.106. The summed E-state index contributed by atoms with van der Waals surface area (Å²) in [5.41, 5.74) is 8.43. The number of nitrogen functional groups attached to an aromatic ring is 1. The molecule has 0 amide bonds. The summed E-state index contributed by atoms with van der Waals surface area (Å²) in [5.74, 6) is -0.106. The van der Waals surface area contributed by atoms with Crippen LogP contribution in [0.2, 0.25) is 5.02 Å². The molecule has 86 valence electrons. The molecule has 0 aliphatic carbocycles. The van der Waals surface area contributed by atoms with Crippen molar-refractivity contribution in [2.75, 3.05) is 5.73 Å². The van der Waals surface area contributed by atoms with E-state index in [1.165, 1.54) is 0 Å². The maximum atomic E-state index is 12.2. The van der Waals surface area contributed by atoms with Gasteiger partial charge in [0, 0.05) is 21.8 Å². The van der Waals surface area contributed by atoms with Crippen molar-refractivity contribution in [2.45, 2.75) is 6.92 Å². The highest BCUT2D eigenvalue weighted by Gasteiger charge is 2.12. The van der Waals surface area contributed by atoms with E-state index in [0.29, 0.717) is 21.8 Å². The number of carbonyl (C=O) groups is 1. The SMILES string of the molecule is Cc1ccc(C(=O)c2cccc(Cl)c2)c(N)c1. The summed E-state index contributed by atoms with van der Waals surface area (Å²) in [7, 11) is 0. The van der Waals surface area contributed by atoms with Crippen LogP contribution in [0.25, 0.3) is 0 Å². The lowest BCUT2D eigenvalue weighted by Gasteiger charge is -2.06. The fourth-order valence-corrected chi connectivity index (χ4v) is 1.86. The first kappa shape index (κ1) is 11.7. The van der Waals surface area contributed by atoms with E-state index in [0.717, 1.165) is 5.56 Å². The van der Waals surface area contributed by atoms with E-state index in [9.17, 15) is 4.79 Å². The van der Waals surface area contributed by atoms with Gasteiger partial charge < -0.3 is 5.73 Å². The summed E-state index contributed by atoms with van der Waals surface area (Å²) in [5, 5.41) is 0.543.